The molecule has 5 nitrogen and oxygen atoms in total. The molecule has 0 atom stereocenters. The summed E-state index contributed by atoms with van der Waals surface area (Å²) in [5, 5.41) is 0. The van der Waals surface area contributed by atoms with Crippen LogP contribution in [0.2, 0.25) is 0 Å². The van der Waals surface area contributed by atoms with Crippen LogP contribution in [0.15, 0.2) is 59.0 Å². The summed E-state index contributed by atoms with van der Waals surface area (Å²) in [7, 11) is 0. The van der Waals surface area contributed by atoms with Crippen molar-refractivity contribution in [1.82, 2.24) is 4.98 Å². The molecule has 0 N–H and O–H groups in total. The Labute approximate surface area is 164 Å². The van der Waals surface area contributed by atoms with E-state index in [0.29, 0.717) is 24.0 Å². The van der Waals surface area contributed by atoms with Crippen molar-refractivity contribution in [2.45, 2.75) is 26.9 Å². The molecule has 1 heterocycles. The van der Waals surface area contributed by atoms with Gasteiger partial charge in [-0.2, -0.15) is 0 Å². The average Bonchev–Trinajstić information content (AvgIpc) is 3.11. The van der Waals surface area contributed by atoms with Crippen LogP contribution < -0.4 is 9.47 Å². The maximum atomic E-state index is 10.5. The third-order valence-corrected chi connectivity index (χ3v) is 4.07. The summed E-state index contributed by atoms with van der Waals surface area (Å²) in [4.78, 5) is 15.1. The number of aromatic nitrogens is 1. The minimum atomic E-state index is 0.272. The molecule has 0 aliphatic carbocycles. The van der Waals surface area contributed by atoms with Crippen LogP contribution >= 0.6 is 0 Å². The first-order chi connectivity index (χ1) is 13.7. The molecule has 1 aromatic heterocycles. The third kappa shape index (κ3) is 4.88. The number of aryl methyl sites for hydroxylation is 1. The van der Waals surface area contributed by atoms with E-state index >= 15 is 0 Å². The van der Waals surface area contributed by atoms with Gasteiger partial charge in [-0.15, -0.1) is 0 Å². The van der Waals surface area contributed by atoms with Gasteiger partial charge in [0.15, 0.2) is 11.5 Å². The molecule has 2 aromatic carbocycles. The number of allylic oxidation sites excluding steroid dienone is 1. The van der Waals surface area contributed by atoms with E-state index in [0.717, 1.165) is 35.3 Å². The number of carbonyl (C=O) groups is 1. The maximum Gasteiger partial charge on any atom is 0.226 e. The first kappa shape index (κ1) is 19.4. The number of aldehydes is 1. The van der Waals surface area contributed by atoms with Gasteiger partial charge < -0.3 is 13.9 Å². The number of oxazole rings is 1. The number of benzene rings is 2. The normalized spacial score (nSPS) is 10.9. The lowest BCUT2D eigenvalue weighted by atomic mass is 10.2. The number of rotatable bonds is 9. The van der Waals surface area contributed by atoms with Crippen molar-refractivity contribution < 1.29 is 18.7 Å². The van der Waals surface area contributed by atoms with Crippen molar-refractivity contribution in [3.8, 4) is 23.0 Å². The molecule has 0 spiro atoms. The Morgan fingerprint density at radius 1 is 1.07 bits per heavy atom. The summed E-state index contributed by atoms with van der Waals surface area (Å²) in [6, 6.07) is 15.3. The highest BCUT2D eigenvalue weighted by Gasteiger charge is 2.13. The van der Waals surface area contributed by atoms with Crippen LogP contribution in [0.5, 0.6) is 11.5 Å². The highest BCUT2D eigenvalue weighted by atomic mass is 16.5. The SMILES string of the molecule is CCCOc1cc(C=CC=O)ccc1OCc1nc(-c2ccccc2)oc1C. The first-order valence-electron chi connectivity index (χ1n) is 9.24. The van der Waals surface area contributed by atoms with Crippen molar-refractivity contribution in [3.63, 3.8) is 0 Å². The van der Waals surface area contributed by atoms with Crippen molar-refractivity contribution >= 4 is 12.4 Å². The van der Waals surface area contributed by atoms with Crippen LogP contribution in [0.1, 0.15) is 30.4 Å². The fraction of sp³-hybridized carbons (Fsp3) is 0.217. The van der Waals surface area contributed by atoms with Crippen molar-refractivity contribution in [2.24, 2.45) is 0 Å². The zero-order valence-electron chi connectivity index (χ0n) is 16.1. The second-order valence-electron chi connectivity index (χ2n) is 6.23. The Morgan fingerprint density at radius 3 is 2.64 bits per heavy atom. The van der Waals surface area contributed by atoms with Crippen LogP contribution in [0.4, 0.5) is 0 Å². The Balaban J connectivity index is 1.77. The van der Waals surface area contributed by atoms with Gasteiger partial charge in [0, 0.05) is 5.56 Å². The van der Waals surface area contributed by atoms with E-state index in [2.05, 4.69) is 4.98 Å². The lowest BCUT2D eigenvalue weighted by Crippen LogP contribution is -2.02. The minimum Gasteiger partial charge on any atom is -0.490 e. The molecule has 0 bridgehead atoms. The molecular weight excluding hydrogens is 354 g/mol. The molecule has 0 radical (unpaired) electrons. The van der Waals surface area contributed by atoms with E-state index in [1.165, 1.54) is 6.08 Å². The second kappa shape index (κ2) is 9.55. The molecule has 0 amide bonds. The predicted molar refractivity (Wildman–Crippen MR) is 108 cm³/mol. The summed E-state index contributed by atoms with van der Waals surface area (Å²) in [6.07, 6.45) is 4.80. The Hall–Kier alpha value is -3.34. The molecule has 3 rings (SSSR count). The molecule has 3 aromatic rings. The molecule has 0 aliphatic heterocycles. The van der Waals surface area contributed by atoms with Gasteiger partial charge >= 0.3 is 0 Å². The average molecular weight is 377 g/mol. The van der Waals surface area contributed by atoms with Crippen LogP contribution in [0.3, 0.4) is 0 Å². The summed E-state index contributed by atoms with van der Waals surface area (Å²) in [6.45, 7) is 4.77. The number of hydrogen-bond donors (Lipinski definition) is 0. The molecular formula is C23H23NO4. The second-order valence-corrected chi connectivity index (χ2v) is 6.23. The minimum absolute atomic E-state index is 0.272. The molecule has 5 heteroatoms. The van der Waals surface area contributed by atoms with Gasteiger partial charge in [0.25, 0.3) is 0 Å². The van der Waals surface area contributed by atoms with Gasteiger partial charge in [0.05, 0.1) is 6.61 Å². The zero-order chi connectivity index (χ0) is 19.8. The van der Waals surface area contributed by atoms with Gasteiger partial charge in [-0.05, 0) is 49.2 Å². The topological polar surface area (TPSA) is 61.6 Å². The lowest BCUT2D eigenvalue weighted by Gasteiger charge is -2.12. The fourth-order valence-corrected chi connectivity index (χ4v) is 2.64. The molecule has 0 fully saturated rings. The van der Waals surface area contributed by atoms with Crippen LogP contribution in [-0.2, 0) is 11.4 Å². The van der Waals surface area contributed by atoms with E-state index in [4.69, 9.17) is 13.9 Å². The Bertz CT molecular complexity index is 944. The first-order valence-corrected chi connectivity index (χ1v) is 9.24. The zero-order valence-corrected chi connectivity index (χ0v) is 16.1. The standard InChI is InChI=1S/C23H23NO4/c1-3-14-26-22-15-18(8-7-13-25)11-12-21(22)27-16-20-17(2)28-23(24-20)19-9-5-4-6-10-19/h4-13,15H,3,14,16H2,1-2H3. The van der Waals surface area contributed by atoms with E-state index in [-0.39, 0.29) is 6.61 Å². The van der Waals surface area contributed by atoms with E-state index in [9.17, 15) is 4.79 Å². The summed E-state index contributed by atoms with van der Waals surface area (Å²) in [5.74, 6) is 2.56. The number of ether oxygens (including phenoxy) is 2. The van der Waals surface area contributed by atoms with Gasteiger partial charge in [-0.25, -0.2) is 4.98 Å². The summed E-state index contributed by atoms with van der Waals surface area (Å²) in [5.41, 5.74) is 2.54. The molecule has 0 saturated heterocycles. The van der Waals surface area contributed by atoms with E-state index in [1.54, 1.807) is 6.08 Å². The predicted octanol–water partition coefficient (Wildman–Crippen LogP) is 5.23. The van der Waals surface area contributed by atoms with Crippen molar-refractivity contribution in [3.05, 3.63) is 71.6 Å². The third-order valence-electron chi connectivity index (χ3n) is 4.07. The van der Waals surface area contributed by atoms with Gasteiger partial charge in [0.1, 0.15) is 24.3 Å². The van der Waals surface area contributed by atoms with Crippen LogP contribution in [-0.4, -0.2) is 17.9 Å². The van der Waals surface area contributed by atoms with Crippen molar-refractivity contribution in [1.29, 1.82) is 0 Å². The Morgan fingerprint density at radius 2 is 1.89 bits per heavy atom. The monoisotopic (exact) mass is 377 g/mol. The van der Waals surface area contributed by atoms with Crippen LogP contribution in [0, 0.1) is 6.92 Å². The Kier molecular flexibility index (Phi) is 6.63. The highest BCUT2D eigenvalue weighted by molar-refractivity contribution is 5.74. The number of hydrogen-bond acceptors (Lipinski definition) is 5. The summed E-state index contributed by atoms with van der Waals surface area (Å²) >= 11 is 0. The van der Waals surface area contributed by atoms with Gasteiger partial charge in [0.2, 0.25) is 5.89 Å². The molecule has 144 valence electrons. The maximum absolute atomic E-state index is 10.5. The fourth-order valence-electron chi connectivity index (χ4n) is 2.64. The smallest absolute Gasteiger partial charge is 0.226 e. The highest BCUT2D eigenvalue weighted by Crippen LogP contribution is 2.30. The van der Waals surface area contributed by atoms with Crippen molar-refractivity contribution in [2.75, 3.05) is 6.61 Å². The molecule has 0 aliphatic rings. The van der Waals surface area contributed by atoms with Gasteiger partial charge in [-0.3, -0.25) is 4.79 Å². The van der Waals surface area contributed by atoms with Crippen LogP contribution in [0.25, 0.3) is 17.5 Å². The number of nitrogens with zero attached hydrogens (tertiary/aromatic N) is 1. The molecule has 0 unspecified atom stereocenters. The molecule has 28 heavy (non-hydrogen) atoms. The lowest BCUT2D eigenvalue weighted by molar-refractivity contribution is -0.104. The van der Waals surface area contributed by atoms with Gasteiger partial charge in [-0.1, -0.05) is 37.3 Å². The van der Waals surface area contributed by atoms with E-state index in [1.807, 2.05) is 62.4 Å². The molecule has 0 saturated carbocycles. The van der Waals surface area contributed by atoms with E-state index < -0.39 is 0 Å². The quantitative estimate of drug-likeness (QED) is 0.377. The largest absolute Gasteiger partial charge is 0.490 e. The summed E-state index contributed by atoms with van der Waals surface area (Å²) < 4.78 is 17.6. The number of carbonyl (C=O) groups excluding carboxylic acids is 1.